The Morgan fingerprint density at radius 2 is 1.82 bits per heavy atom. The summed E-state index contributed by atoms with van der Waals surface area (Å²) < 4.78 is 5.05. The molecule has 0 bridgehead atoms. The lowest BCUT2D eigenvalue weighted by molar-refractivity contribution is 0.0535. The molecule has 0 radical (unpaired) electrons. The first-order valence-corrected chi connectivity index (χ1v) is 9.07. The van der Waals surface area contributed by atoms with Crippen LogP contribution in [0, 0.1) is 23.3 Å². The highest BCUT2D eigenvalue weighted by atomic mass is 28.3. The third-order valence-electron chi connectivity index (χ3n) is 1.31. The van der Waals surface area contributed by atoms with Crippen molar-refractivity contribution < 1.29 is 9.53 Å². The van der Waals surface area contributed by atoms with Gasteiger partial charge in [-0.2, -0.15) is 0 Å². The zero-order valence-electron chi connectivity index (χ0n) is 11.5. The van der Waals surface area contributed by atoms with Gasteiger partial charge in [0.15, 0.2) is 0 Å². The van der Waals surface area contributed by atoms with E-state index in [-0.39, 0.29) is 6.54 Å². The van der Waals surface area contributed by atoms with Crippen molar-refractivity contribution in [3.8, 4) is 23.3 Å². The molecule has 0 rings (SSSR count). The average Bonchev–Trinajstić information content (AvgIpc) is 2.06. The maximum absolute atomic E-state index is 11.2. The van der Waals surface area contributed by atoms with Crippen molar-refractivity contribution in [3.63, 3.8) is 0 Å². The summed E-state index contributed by atoms with van der Waals surface area (Å²) in [6, 6.07) is 0. The van der Waals surface area contributed by atoms with E-state index in [0.29, 0.717) is 0 Å². The van der Waals surface area contributed by atoms with E-state index in [0.717, 1.165) is 0 Å². The number of carbonyl (C=O) groups excluding carboxylic acids is 1. The number of amides is 1. The SMILES string of the molecule is CC(C)(C)OC(=O)NCC#CC#C[Si](C)(C)C. The minimum Gasteiger partial charge on any atom is -0.444 e. The minimum atomic E-state index is -1.35. The molecule has 0 aromatic carbocycles. The Morgan fingerprint density at radius 3 is 2.29 bits per heavy atom. The van der Waals surface area contributed by atoms with Crippen LogP contribution in [0.2, 0.25) is 19.6 Å². The molecule has 94 valence electrons. The predicted octanol–water partition coefficient (Wildman–Crippen LogP) is 2.40. The fourth-order valence-electron chi connectivity index (χ4n) is 0.738. The Balaban J connectivity index is 3.96. The molecule has 0 aliphatic rings. The normalized spacial score (nSPS) is 10.5. The van der Waals surface area contributed by atoms with Gasteiger partial charge in [-0.1, -0.05) is 25.6 Å². The van der Waals surface area contributed by atoms with Gasteiger partial charge in [0.2, 0.25) is 0 Å². The number of hydrogen-bond donors (Lipinski definition) is 1. The Labute approximate surface area is 105 Å². The van der Waals surface area contributed by atoms with Gasteiger partial charge >= 0.3 is 6.09 Å². The summed E-state index contributed by atoms with van der Waals surface area (Å²) >= 11 is 0. The lowest BCUT2D eigenvalue weighted by Crippen LogP contribution is -2.32. The first-order chi connectivity index (χ1) is 7.60. The molecule has 0 atom stereocenters. The molecule has 0 aromatic rings. The highest BCUT2D eigenvalue weighted by Gasteiger charge is 2.14. The fourth-order valence-corrected chi connectivity index (χ4v) is 1.18. The van der Waals surface area contributed by atoms with E-state index in [2.05, 4.69) is 48.3 Å². The number of carbonyl (C=O) groups is 1. The summed E-state index contributed by atoms with van der Waals surface area (Å²) in [4.78, 5) is 11.2. The highest BCUT2D eigenvalue weighted by Crippen LogP contribution is 2.05. The molecule has 1 amide bonds. The third-order valence-corrected chi connectivity index (χ3v) is 2.18. The number of ether oxygens (including phenoxy) is 1. The van der Waals surface area contributed by atoms with Crippen molar-refractivity contribution in [2.75, 3.05) is 6.54 Å². The molecule has 0 saturated heterocycles. The first kappa shape index (κ1) is 15.6. The maximum atomic E-state index is 11.2. The molecule has 0 aromatic heterocycles. The van der Waals surface area contributed by atoms with Crippen molar-refractivity contribution in [1.82, 2.24) is 5.32 Å². The van der Waals surface area contributed by atoms with Crippen LogP contribution in [0.5, 0.6) is 0 Å². The molecule has 0 fully saturated rings. The van der Waals surface area contributed by atoms with E-state index in [9.17, 15) is 4.79 Å². The zero-order valence-corrected chi connectivity index (χ0v) is 12.5. The van der Waals surface area contributed by atoms with Crippen molar-refractivity contribution in [3.05, 3.63) is 0 Å². The Hall–Kier alpha value is -1.39. The van der Waals surface area contributed by atoms with Crippen LogP contribution < -0.4 is 5.32 Å². The van der Waals surface area contributed by atoms with E-state index in [1.165, 1.54) is 0 Å². The summed E-state index contributed by atoms with van der Waals surface area (Å²) in [5, 5.41) is 2.55. The minimum absolute atomic E-state index is 0.259. The highest BCUT2D eigenvalue weighted by molar-refractivity contribution is 6.83. The van der Waals surface area contributed by atoms with Crippen molar-refractivity contribution in [2.45, 2.75) is 46.0 Å². The number of alkyl carbamates (subject to hydrolysis) is 1. The number of hydrogen-bond acceptors (Lipinski definition) is 2. The zero-order chi connectivity index (χ0) is 13.5. The number of rotatable bonds is 1. The van der Waals surface area contributed by atoms with Gasteiger partial charge in [0.05, 0.1) is 6.54 Å². The van der Waals surface area contributed by atoms with E-state index in [1.54, 1.807) is 0 Å². The van der Waals surface area contributed by atoms with Gasteiger partial charge < -0.3 is 10.1 Å². The van der Waals surface area contributed by atoms with E-state index < -0.39 is 19.8 Å². The molecule has 1 N–H and O–H groups in total. The van der Waals surface area contributed by atoms with Crippen LogP contribution in [0.1, 0.15) is 20.8 Å². The Bertz CT molecular complexity index is 380. The van der Waals surface area contributed by atoms with E-state index in [4.69, 9.17) is 4.74 Å². The van der Waals surface area contributed by atoms with Crippen LogP contribution in [0.4, 0.5) is 4.79 Å². The van der Waals surface area contributed by atoms with Gasteiger partial charge in [-0.25, -0.2) is 4.79 Å². The predicted molar refractivity (Wildman–Crippen MR) is 73.1 cm³/mol. The summed E-state index contributed by atoms with van der Waals surface area (Å²) in [5.74, 6) is 8.28. The summed E-state index contributed by atoms with van der Waals surface area (Å²) in [6.07, 6.45) is -0.454. The average molecular weight is 251 g/mol. The van der Waals surface area contributed by atoms with Crippen LogP contribution in [0.15, 0.2) is 0 Å². The largest absolute Gasteiger partial charge is 0.444 e. The van der Waals surface area contributed by atoms with Gasteiger partial charge in [0.1, 0.15) is 13.7 Å². The molecule has 0 unspecified atom stereocenters. The number of nitrogens with one attached hydrogen (secondary N) is 1. The van der Waals surface area contributed by atoms with E-state index in [1.807, 2.05) is 20.8 Å². The molecule has 3 nitrogen and oxygen atoms in total. The topological polar surface area (TPSA) is 38.3 Å². The molecular weight excluding hydrogens is 230 g/mol. The monoisotopic (exact) mass is 251 g/mol. The lowest BCUT2D eigenvalue weighted by Gasteiger charge is -2.18. The second-order valence-corrected chi connectivity index (χ2v) is 10.4. The van der Waals surface area contributed by atoms with Crippen LogP contribution in [0.25, 0.3) is 0 Å². The van der Waals surface area contributed by atoms with Crippen LogP contribution >= 0.6 is 0 Å². The Morgan fingerprint density at radius 1 is 1.24 bits per heavy atom. The molecule has 0 heterocycles. The molecule has 17 heavy (non-hydrogen) atoms. The lowest BCUT2D eigenvalue weighted by atomic mass is 10.2. The maximum Gasteiger partial charge on any atom is 0.408 e. The Kier molecular flexibility index (Phi) is 5.85. The quantitative estimate of drug-likeness (QED) is 0.574. The third kappa shape index (κ3) is 12.5. The van der Waals surface area contributed by atoms with Crippen LogP contribution in [-0.4, -0.2) is 26.3 Å². The van der Waals surface area contributed by atoms with E-state index >= 15 is 0 Å². The second-order valence-electron chi connectivity index (χ2n) is 5.66. The molecule has 0 aliphatic heterocycles. The van der Waals surface area contributed by atoms with Gasteiger partial charge in [-0.05, 0) is 32.6 Å². The van der Waals surface area contributed by atoms with Crippen molar-refractivity contribution in [2.24, 2.45) is 0 Å². The van der Waals surface area contributed by atoms with Crippen LogP contribution in [0.3, 0.4) is 0 Å². The summed E-state index contributed by atoms with van der Waals surface area (Å²) in [7, 11) is -1.35. The summed E-state index contributed by atoms with van der Waals surface area (Å²) in [6.45, 7) is 12.2. The van der Waals surface area contributed by atoms with Gasteiger partial charge in [-0.15, -0.1) is 5.54 Å². The standard InChI is InChI=1S/C13H21NO2Si/c1-13(2,3)16-12(15)14-10-8-7-9-11-17(4,5)6/h10H2,1-6H3,(H,14,15). The summed E-state index contributed by atoms with van der Waals surface area (Å²) in [5.41, 5.74) is 2.64. The van der Waals surface area contributed by atoms with Gasteiger partial charge in [-0.3, -0.25) is 0 Å². The molecule has 0 spiro atoms. The molecule has 0 saturated carbocycles. The molecular formula is C13H21NO2Si. The first-order valence-electron chi connectivity index (χ1n) is 5.57. The smallest absolute Gasteiger partial charge is 0.408 e. The van der Waals surface area contributed by atoms with Gasteiger partial charge in [0, 0.05) is 0 Å². The van der Waals surface area contributed by atoms with Crippen molar-refractivity contribution in [1.29, 1.82) is 0 Å². The second kappa shape index (κ2) is 6.37. The van der Waals surface area contributed by atoms with Gasteiger partial charge in [0.25, 0.3) is 0 Å². The molecule has 0 aliphatic carbocycles. The molecule has 4 heteroatoms. The van der Waals surface area contributed by atoms with Crippen molar-refractivity contribution >= 4 is 14.2 Å². The fraction of sp³-hybridized carbons (Fsp3) is 0.615. The van der Waals surface area contributed by atoms with Crippen LogP contribution in [-0.2, 0) is 4.74 Å².